The Morgan fingerprint density at radius 3 is 2.87 bits per heavy atom. The van der Waals surface area contributed by atoms with Gasteiger partial charge in [0.2, 0.25) is 0 Å². The normalized spacial score (nSPS) is 16.5. The molecule has 0 saturated heterocycles. The van der Waals surface area contributed by atoms with Crippen LogP contribution in [0.15, 0.2) is 11.8 Å². The molecule has 120 valence electrons. The average Bonchev–Trinajstić information content (AvgIpc) is 3.01. The zero-order valence-electron chi connectivity index (χ0n) is 13.4. The van der Waals surface area contributed by atoms with Crippen LogP contribution in [0.5, 0.6) is 0 Å². The van der Waals surface area contributed by atoms with E-state index in [1.165, 1.54) is 6.42 Å². The van der Waals surface area contributed by atoms with Gasteiger partial charge in [-0.2, -0.15) is 5.26 Å². The lowest BCUT2D eigenvalue weighted by molar-refractivity contribution is -0.117. The summed E-state index contributed by atoms with van der Waals surface area (Å²) < 4.78 is 1.95. The summed E-state index contributed by atoms with van der Waals surface area (Å²) in [5.41, 5.74) is 1.78. The van der Waals surface area contributed by atoms with Crippen LogP contribution in [0, 0.1) is 25.2 Å². The minimum atomic E-state index is -0.277. The first-order valence-corrected chi connectivity index (χ1v) is 8.78. The molecule has 1 amide bonds. The number of aromatic nitrogens is 2. The lowest BCUT2D eigenvalue weighted by Crippen LogP contribution is -2.36. The SMILES string of the molecule is Cc1cn2c(/C=C(\C#N)C(=O)NC3CCCCC3)c(C)nc2s1. The van der Waals surface area contributed by atoms with E-state index in [0.29, 0.717) is 0 Å². The van der Waals surface area contributed by atoms with Crippen molar-refractivity contribution in [1.82, 2.24) is 14.7 Å². The Morgan fingerprint density at radius 1 is 1.43 bits per heavy atom. The number of hydrogen-bond acceptors (Lipinski definition) is 4. The molecule has 1 N–H and O–H groups in total. The molecule has 1 aliphatic carbocycles. The van der Waals surface area contributed by atoms with Gasteiger partial charge in [-0.1, -0.05) is 19.3 Å². The van der Waals surface area contributed by atoms with Crippen LogP contribution in [0.25, 0.3) is 11.0 Å². The predicted octanol–water partition coefficient (Wildman–Crippen LogP) is 3.37. The Bertz CT molecular complexity index is 803. The number of thiazole rings is 1. The summed E-state index contributed by atoms with van der Waals surface area (Å²) in [6, 6.07) is 2.24. The molecule has 2 aromatic rings. The molecule has 2 aromatic heterocycles. The molecule has 3 rings (SSSR count). The molecule has 1 saturated carbocycles. The summed E-state index contributed by atoms with van der Waals surface area (Å²) in [5.74, 6) is -0.277. The molecule has 1 fully saturated rings. The van der Waals surface area contributed by atoms with Crippen LogP contribution in [-0.2, 0) is 4.79 Å². The first-order valence-electron chi connectivity index (χ1n) is 7.96. The summed E-state index contributed by atoms with van der Waals surface area (Å²) >= 11 is 1.60. The second-order valence-corrected chi connectivity index (χ2v) is 7.27. The van der Waals surface area contributed by atoms with Crippen molar-refractivity contribution in [3.63, 3.8) is 0 Å². The Hall–Kier alpha value is -2.13. The zero-order chi connectivity index (χ0) is 16.4. The molecule has 1 aliphatic rings. The molecular formula is C17H20N4OS. The molecule has 0 unspecified atom stereocenters. The Kier molecular flexibility index (Phi) is 4.49. The van der Waals surface area contributed by atoms with Gasteiger partial charge in [-0.25, -0.2) is 4.98 Å². The van der Waals surface area contributed by atoms with Gasteiger partial charge in [-0.3, -0.25) is 9.20 Å². The highest BCUT2D eigenvalue weighted by atomic mass is 32.1. The highest BCUT2D eigenvalue weighted by Gasteiger charge is 2.19. The van der Waals surface area contributed by atoms with Gasteiger partial charge in [0.15, 0.2) is 4.96 Å². The fourth-order valence-electron chi connectivity index (χ4n) is 3.05. The summed E-state index contributed by atoms with van der Waals surface area (Å²) in [6.07, 6.45) is 9.17. The number of rotatable bonds is 3. The van der Waals surface area contributed by atoms with Gasteiger partial charge in [0, 0.05) is 17.1 Å². The second-order valence-electron chi connectivity index (χ2n) is 6.06. The van der Waals surface area contributed by atoms with Crippen molar-refractivity contribution in [2.24, 2.45) is 0 Å². The standard InChI is InChI=1S/C17H20N4OS/c1-11-10-21-15(12(2)19-17(21)23-11)8-13(9-18)16(22)20-14-6-4-3-5-7-14/h8,10,14H,3-7H2,1-2H3,(H,20,22)/b13-8+. The topological polar surface area (TPSA) is 70.2 Å². The van der Waals surface area contributed by atoms with Crippen molar-refractivity contribution in [2.75, 3.05) is 0 Å². The Balaban J connectivity index is 1.86. The molecule has 6 heteroatoms. The maximum absolute atomic E-state index is 12.4. The van der Waals surface area contributed by atoms with Gasteiger partial charge in [0.1, 0.15) is 11.6 Å². The molecule has 23 heavy (non-hydrogen) atoms. The van der Waals surface area contributed by atoms with E-state index in [0.717, 1.165) is 46.9 Å². The van der Waals surface area contributed by atoms with Crippen LogP contribution >= 0.6 is 11.3 Å². The van der Waals surface area contributed by atoms with Gasteiger partial charge < -0.3 is 5.32 Å². The van der Waals surface area contributed by atoms with Crippen molar-refractivity contribution in [3.05, 3.63) is 28.0 Å². The number of amides is 1. The van der Waals surface area contributed by atoms with Gasteiger partial charge in [-0.15, -0.1) is 11.3 Å². The molecule has 0 aliphatic heterocycles. The van der Waals surface area contributed by atoms with E-state index in [2.05, 4.69) is 10.3 Å². The third-order valence-electron chi connectivity index (χ3n) is 4.25. The summed E-state index contributed by atoms with van der Waals surface area (Å²) in [7, 11) is 0. The molecule has 0 bridgehead atoms. The molecule has 0 radical (unpaired) electrons. The first-order chi connectivity index (χ1) is 11.1. The van der Waals surface area contributed by atoms with Crippen molar-refractivity contribution in [3.8, 4) is 6.07 Å². The van der Waals surface area contributed by atoms with Gasteiger partial charge in [-0.05, 0) is 32.8 Å². The number of carbonyl (C=O) groups excluding carboxylic acids is 1. The van der Waals surface area contributed by atoms with Gasteiger partial charge in [0.05, 0.1) is 11.4 Å². The number of nitrogens with zero attached hydrogens (tertiary/aromatic N) is 3. The number of imidazole rings is 1. The lowest BCUT2D eigenvalue weighted by Gasteiger charge is -2.22. The van der Waals surface area contributed by atoms with Crippen molar-refractivity contribution in [2.45, 2.75) is 52.0 Å². The van der Waals surface area contributed by atoms with E-state index in [4.69, 9.17) is 0 Å². The van der Waals surface area contributed by atoms with E-state index in [1.54, 1.807) is 17.4 Å². The second kappa shape index (κ2) is 6.55. The summed E-state index contributed by atoms with van der Waals surface area (Å²) in [6.45, 7) is 3.91. The third-order valence-corrected chi connectivity index (χ3v) is 5.15. The van der Waals surface area contributed by atoms with E-state index in [1.807, 2.05) is 30.5 Å². The maximum atomic E-state index is 12.4. The molecule has 0 spiro atoms. The quantitative estimate of drug-likeness (QED) is 0.693. The fraction of sp³-hybridized carbons (Fsp3) is 0.471. The third kappa shape index (κ3) is 3.30. The highest BCUT2D eigenvalue weighted by Crippen LogP contribution is 2.23. The van der Waals surface area contributed by atoms with Gasteiger partial charge >= 0.3 is 0 Å². The minimum absolute atomic E-state index is 0.143. The number of hydrogen-bond donors (Lipinski definition) is 1. The maximum Gasteiger partial charge on any atom is 0.262 e. The molecule has 2 heterocycles. The van der Waals surface area contributed by atoms with E-state index in [-0.39, 0.29) is 17.5 Å². The van der Waals surface area contributed by atoms with Crippen molar-refractivity contribution < 1.29 is 4.79 Å². The van der Waals surface area contributed by atoms with Crippen LogP contribution in [0.3, 0.4) is 0 Å². The monoisotopic (exact) mass is 328 g/mol. The molecule has 5 nitrogen and oxygen atoms in total. The first kappa shape index (κ1) is 15.8. The van der Waals surface area contributed by atoms with Crippen LogP contribution in [0.2, 0.25) is 0 Å². The van der Waals surface area contributed by atoms with Crippen molar-refractivity contribution >= 4 is 28.3 Å². The number of aryl methyl sites for hydroxylation is 2. The van der Waals surface area contributed by atoms with Crippen LogP contribution in [0.1, 0.15) is 48.4 Å². The number of nitrogens with one attached hydrogen (secondary N) is 1. The molecule has 0 atom stereocenters. The summed E-state index contributed by atoms with van der Waals surface area (Å²) in [4.78, 5) is 18.9. The van der Waals surface area contributed by atoms with E-state index >= 15 is 0 Å². The van der Waals surface area contributed by atoms with E-state index in [9.17, 15) is 10.1 Å². The molecule has 0 aromatic carbocycles. The van der Waals surface area contributed by atoms with Gasteiger partial charge in [0.25, 0.3) is 5.91 Å². The average molecular weight is 328 g/mol. The smallest absolute Gasteiger partial charge is 0.262 e. The predicted molar refractivity (Wildman–Crippen MR) is 91.1 cm³/mol. The largest absolute Gasteiger partial charge is 0.349 e. The number of fused-ring (bicyclic) bond motifs is 1. The van der Waals surface area contributed by atoms with E-state index < -0.39 is 0 Å². The van der Waals surface area contributed by atoms with Crippen molar-refractivity contribution in [1.29, 1.82) is 5.26 Å². The summed E-state index contributed by atoms with van der Waals surface area (Å²) in [5, 5.41) is 12.4. The van der Waals surface area contributed by atoms with Crippen LogP contribution in [0.4, 0.5) is 0 Å². The van der Waals surface area contributed by atoms with Crippen LogP contribution in [-0.4, -0.2) is 21.3 Å². The Morgan fingerprint density at radius 2 is 2.17 bits per heavy atom. The Labute approximate surface area is 139 Å². The van der Waals surface area contributed by atoms with Crippen LogP contribution < -0.4 is 5.32 Å². The number of carbonyl (C=O) groups is 1. The highest BCUT2D eigenvalue weighted by molar-refractivity contribution is 7.17. The fourth-order valence-corrected chi connectivity index (χ4v) is 3.93. The molecular weight excluding hydrogens is 308 g/mol. The minimum Gasteiger partial charge on any atom is -0.349 e. The lowest BCUT2D eigenvalue weighted by atomic mass is 9.95. The zero-order valence-corrected chi connectivity index (χ0v) is 14.2. The number of nitriles is 1.